The van der Waals surface area contributed by atoms with E-state index in [9.17, 15) is 14.4 Å². The van der Waals surface area contributed by atoms with Gasteiger partial charge in [0.05, 0.1) is 26.1 Å². The van der Waals surface area contributed by atoms with Crippen LogP contribution in [-0.2, 0) is 19.1 Å². The highest BCUT2D eigenvalue weighted by atomic mass is 32.2. The number of hydrogen-bond acceptors (Lipinski definition) is 5. The van der Waals surface area contributed by atoms with Crippen molar-refractivity contribution in [3.8, 4) is 12.3 Å². The first-order valence-electron chi connectivity index (χ1n) is 6.15. The second-order valence-electron chi connectivity index (χ2n) is 4.39. The standard InChI is InChI=1S/C13H18N2O4S/c1-4-5-15(10-7-20-8-10)13(18)11(14-9(2)16)6-12(17)19-3/h1,10-11H,5-8H2,2-3H3,(H,14,16). The number of nitrogens with one attached hydrogen (secondary N) is 1. The van der Waals surface area contributed by atoms with Gasteiger partial charge < -0.3 is 15.0 Å². The van der Waals surface area contributed by atoms with Crippen molar-refractivity contribution in [3.05, 3.63) is 0 Å². The fourth-order valence-electron chi connectivity index (χ4n) is 1.78. The Hall–Kier alpha value is -1.68. The van der Waals surface area contributed by atoms with Gasteiger partial charge in [0.2, 0.25) is 11.8 Å². The summed E-state index contributed by atoms with van der Waals surface area (Å²) in [5.74, 6) is 2.80. The summed E-state index contributed by atoms with van der Waals surface area (Å²) in [6.45, 7) is 1.46. The smallest absolute Gasteiger partial charge is 0.308 e. The highest BCUT2D eigenvalue weighted by Crippen LogP contribution is 2.23. The normalized spacial score (nSPS) is 15.4. The SMILES string of the molecule is C#CCN(C(=O)C(CC(=O)OC)NC(C)=O)C1CSC1. The van der Waals surface area contributed by atoms with Gasteiger partial charge in [0.1, 0.15) is 6.04 Å². The van der Waals surface area contributed by atoms with Crippen molar-refractivity contribution in [1.82, 2.24) is 10.2 Å². The summed E-state index contributed by atoms with van der Waals surface area (Å²) in [6.07, 6.45) is 5.08. The molecule has 1 N–H and O–H groups in total. The van der Waals surface area contributed by atoms with Crippen LogP contribution in [0.15, 0.2) is 0 Å². The third kappa shape index (κ3) is 4.46. The number of hydrogen-bond donors (Lipinski definition) is 1. The molecule has 1 fully saturated rings. The average Bonchev–Trinajstić information content (AvgIpc) is 2.33. The lowest BCUT2D eigenvalue weighted by atomic mass is 10.1. The maximum atomic E-state index is 12.5. The summed E-state index contributed by atoms with van der Waals surface area (Å²) in [7, 11) is 1.24. The molecule has 0 aliphatic carbocycles. The van der Waals surface area contributed by atoms with Crippen molar-refractivity contribution in [1.29, 1.82) is 0 Å². The van der Waals surface area contributed by atoms with Crippen LogP contribution in [0, 0.1) is 12.3 Å². The van der Waals surface area contributed by atoms with Crippen molar-refractivity contribution >= 4 is 29.5 Å². The number of ether oxygens (including phenoxy) is 1. The molecule has 0 aromatic rings. The molecule has 1 unspecified atom stereocenters. The fourth-order valence-corrected chi connectivity index (χ4v) is 2.59. The maximum Gasteiger partial charge on any atom is 0.308 e. The van der Waals surface area contributed by atoms with Gasteiger partial charge in [0, 0.05) is 18.4 Å². The first-order chi connectivity index (χ1) is 9.49. The Kier molecular flexibility index (Phi) is 6.39. The van der Waals surface area contributed by atoms with Crippen molar-refractivity contribution in [2.45, 2.75) is 25.4 Å². The van der Waals surface area contributed by atoms with E-state index in [2.05, 4.69) is 16.0 Å². The van der Waals surface area contributed by atoms with E-state index >= 15 is 0 Å². The van der Waals surface area contributed by atoms with Crippen LogP contribution in [0.5, 0.6) is 0 Å². The summed E-state index contributed by atoms with van der Waals surface area (Å²) in [5.41, 5.74) is 0. The highest BCUT2D eigenvalue weighted by molar-refractivity contribution is 8.00. The molecule has 110 valence electrons. The van der Waals surface area contributed by atoms with E-state index in [-0.39, 0.29) is 30.8 Å². The van der Waals surface area contributed by atoms with Crippen LogP contribution in [0.1, 0.15) is 13.3 Å². The lowest BCUT2D eigenvalue weighted by Crippen LogP contribution is -2.55. The molecule has 1 heterocycles. The molecule has 1 aliphatic heterocycles. The maximum absolute atomic E-state index is 12.5. The zero-order chi connectivity index (χ0) is 15.1. The van der Waals surface area contributed by atoms with E-state index in [4.69, 9.17) is 6.42 Å². The Morgan fingerprint density at radius 3 is 2.55 bits per heavy atom. The number of carbonyl (C=O) groups is 3. The highest BCUT2D eigenvalue weighted by Gasteiger charge is 2.34. The molecule has 2 amide bonds. The largest absolute Gasteiger partial charge is 0.469 e. The predicted molar refractivity (Wildman–Crippen MR) is 75.9 cm³/mol. The molecule has 0 radical (unpaired) electrons. The minimum Gasteiger partial charge on any atom is -0.469 e. The number of terminal acetylenes is 1. The van der Waals surface area contributed by atoms with Crippen LogP contribution in [0.2, 0.25) is 0 Å². The van der Waals surface area contributed by atoms with Crippen molar-refractivity contribution in [3.63, 3.8) is 0 Å². The zero-order valence-electron chi connectivity index (χ0n) is 11.5. The number of methoxy groups -OCH3 is 1. The van der Waals surface area contributed by atoms with E-state index in [1.165, 1.54) is 14.0 Å². The number of carbonyl (C=O) groups excluding carboxylic acids is 3. The molecule has 6 nitrogen and oxygen atoms in total. The number of nitrogens with zero attached hydrogens (tertiary/aromatic N) is 1. The molecule has 0 saturated carbocycles. The third-order valence-corrected chi connectivity index (χ3v) is 4.12. The number of esters is 1. The average molecular weight is 298 g/mol. The van der Waals surface area contributed by atoms with Gasteiger partial charge >= 0.3 is 5.97 Å². The van der Waals surface area contributed by atoms with Gasteiger partial charge in [-0.25, -0.2) is 0 Å². The third-order valence-electron chi connectivity index (χ3n) is 2.88. The Morgan fingerprint density at radius 2 is 2.15 bits per heavy atom. The monoisotopic (exact) mass is 298 g/mol. The Morgan fingerprint density at radius 1 is 1.50 bits per heavy atom. The fraction of sp³-hybridized carbons (Fsp3) is 0.615. The Labute approximate surface area is 122 Å². The van der Waals surface area contributed by atoms with Crippen LogP contribution < -0.4 is 5.32 Å². The van der Waals surface area contributed by atoms with Crippen LogP contribution in [0.25, 0.3) is 0 Å². The molecular weight excluding hydrogens is 280 g/mol. The van der Waals surface area contributed by atoms with Crippen molar-refractivity contribution in [2.75, 3.05) is 25.2 Å². The second kappa shape index (κ2) is 7.80. The molecule has 0 spiro atoms. The van der Waals surface area contributed by atoms with Crippen LogP contribution in [0.3, 0.4) is 0 Å². The summed E-state index contributed by atoms with van der Waals surface area (Å²) < 4.78 is 4.55. The van der Waals surface area contributed by atoms with E-state index in [1.807, 2.05) is 0 Å². The molecule has 1 rings (SSSR count). The van der Waals surface area contributed by atoms with Crippen LogP contribution >= 0.6 is 11.8 Å². The Bertz CT molecular complexity index is 429. The van der Waals surface area contributed by atoms with Gasteiger partial charge in [0.25, 0.3) is 0 Å². The molecule has 1 saturated heterocycles. The quantitative estimate of drug-likeness (QED) is 0.535. The lowest BCUT2D eigenvalue weighted by molar-refractivity contribution is -0.146. The molecule has 0 bridgehead atoms. The molecule has 7 heteroatoms. The minimum absolute atomic E-state index is 0.0671. The van der Waals surface area contributed by atoms with Gasteiger partial charge in [-0.05, 0) is 0 Å². The summed E-state index contributed by atoms with van der Waals surface area (Å²) in [6, 6.07) is -0.864. The minimum atomic E-state index is -0.932. The first-order valence-corrected chi connectivity index (χ1v) is 7.30. The van der Waals surface area contributed by atoms with Gasteiger partial charge in [-0.1, -0.05) is 5.92 Å². The van der Waals surface area contributed by atoms with Crippen LogP contribution in [0.4, 0.5) is 0 Å². The number of rotatable bonds is 6. The van der Waals surface area contributed by atoms with Crippen LogP contribution in [-0.4, -0.2) is 59.9 Å². The van der Waals surface area contributed by atoms with E-state index in [0.717, 1.165) is 11.5 Å². The lowest BCUT2D eigenvalue weighted by Gasteiger charge is -2.37. The molecule has 1 atom stereocenters. The molecule has 0 aromatic heterocycles. The van der Waals surface area contributed by atoms with Crippen molar-refractivity contribution in [2.24, 2.45) is 0 Å². The molecular formula is C13H18N2O4S. The summed E-state index contributed by atoms with van der Waals surface area (Å²) in [4.78, 5) is 36.5. The van der Waals surface area contributed by atoms with E-state index in [1.54, 1.807) is 16.7 Å². The summed E-state index contributed by atoms with van der Waals surface area (Å²) in [5, 5.41) is 2.48. The topological polar surface area (TPSA) is 75.7 Å². The second-order valence-corrected chi connectivity index (χ2v) is 5.47. The number of amides is 2. The first kappa shape index (κ1) is 16.4. The molecule has 0 aromatic carbocycles. The molecule has 1 aliphatic rings. The van der Waals surface area contributed by atoms with Crippen molar-refractivity contribution < 1.29 is 19.1 Å². The number of thioether (sulfide) groups is 1. The van der Waals surface area contributed by atoms with E-state index < -0.39 is 12.0 Å². The van der Waals surface area contributed by atoms with Gasteiger partial charge in [-0.3, -0.25) is 14.4 Å². The van der Waals surface area contributed by atoms with E-state index in [0.29, 0.717) is 0 Å². The molecule has 20 heavy (non-hydrogen) atoms. The summed E-state index contributed by atoms with van der Waals surface area (Å²) >= 11 is 1.72. The van der Waals surface area contributed by atoms with Gasteiger partial charge in [0.15, 0.2) is 0 Å². The predicted octanol–water partition coefficient (Wildman–Crippen LogP) is -0.369. The zero-order valence-corrected chi connectivity index (χ0v) is 12.4. The van der Waals surface area contributed by atoms with Gasteiger partial charge in [-0.15, -0.1) is 6.42 Å². The Balaban J connectivity index is 2.79. The van der Waals surface area contributed by atoms with Gasteiger partial charge in [-0.2, -0.15) is 11.8 Å².